The zero-order valence-electron chi connectivity index (χ0n) is 12.3. The molecule has 0 radical (unpaired) electrons. The molecule has 2 atom stereocenters. The first kappa shape index (κ1) is 13.8. The van der Waals surface area contributed by atoms with E-state index in [9.17, 15) is 4.79 Å². The smallest absolute Gasteiger partial charge is 0.259 e. The molecule has 0 spiro atoms. The van der Waals surface area contributed by atoms with Crippen LogP contribution in [0.2, 0.25) is 0 Å². The van der Waals surface area contributed by atoms with Crippen LogP contribution in [0.3, 0.4) is 0 Å². The van der Waals surface area contributed by atoms with Crippen LogP contribution in [0.25, 0.3) is 0 Å². The highest BCUT2D eigenvalue weighted by Crippen LogP contribution is 2.41. The molecule has 21 heavy (non-hydrogen) atoms. The van der Waals surface area contributed by atoms with Crippen molar-refractivity contribution in [1.29, 1.82) is 0 Å². The molecule has 3 heteroatoms. The Kier molecular flexibility index (Phi) is 3.76. The molecule has 2 aromatic rings. The first-order chi connectivity index (χ1) is 10.2. The highest BCUT2D eigenvalue weighted by atomic mass is 16.5. The summed E-state index contributed by atoms with van der Waals surface area (Å²) >= 11 is 0. The average molecular weight is 281 g/mol. The van der Waals surface area contributed by atoms with Crippen molar-refractivity contribution in [3.63, 3.8) is 0 Å². The molecule has 3 nitrogen and oxygen atoms in total. The van der Waals surface area contributed by atoms with Crippen LogP contribution in [-0.4, -0.2) is 18.1 Å². The largest absolute Gasteiger partial charge is 0.363 e. The second kappa shape index (κ2) is 5.70. The van der Waals surface area contributed by atoms with Gasteiger partial charge in [0.25, 0.3) is 5.91 Å². The van der Waals surface area contributed by atoms with E-state index in [1.54, 1.807) is 0 Å². The molecule has 0 unspecified atom stereocenters. The number of carbonyl (C=O) groups is 1. The van der Waals surface area contributed by atoms with E-state index in [2.05, 4.69) is 0 Å². The van der Waals surface area contributed by atoms with Crippen molar-refractivity contribution in [2.24, 2.45) is 0 Å². The Labute approximate surface area is 125 Å². The van der Waals surface area contributed by atoms with E-state index in [0.717, 1.165) is 11.3 Å². The number of β-lactam (4-membered cyclic amide) rings is 1. The molecule has 1 heterocycles. The Morgan fingerprint density at radius 3 is 2.10 bits per heavy atom. The minimum atomic E-state index is -0.396. The van der Waals surface area contributed by atoms with E-state index in [-0.39, 0.29) is 18.1 Å². The van der Waals surface area contributed by atoms with Gasteiger partial charge in [-0.1, -0.05) is 48.5 Å². The van der Waals surface area contributed by atoms with Crippen LogP contribution in [0.1, 0.15) is 25.5 Å². The van der Waals surface area contributed by atoms with Crippen LogP contribution in [-0.2, 0) is 9.53 Å². The predicted molar refractivity (Wildman–Crippen MR) is 83.1 cm³/mol. The van der Waals surface area contributed by atoms with Crippen molar-refractivity contribution < 1.29 is 9.53 Å². The molecule has 1 aliphatic heterocycles. The molecular formula is C18H19NO2. The van der Waals surface area contributed by atoms with Gasteiger partial charge >= 0.3 is 0 Å². The standard InChI is InChI=1S/C18H19NO2/c1-13(2)21-17-16(14-9-5-3-6-10-14)19(18(17)20)15-11-7-4-8-12-15/h3-13,16-17H,1-2H3/t16-,17+/m0/s1. The SMILES string of the molecule is CC(C)O[C@H]1C(=O)N(c2ccccc2)[C@H]1c1ccccc1. The molecule has 0 aliphatic carbocycles. The van der Waals surface area contributed by atoms with Crippen molar-refractivity contribution in [2.45, 2.75) is 32.1 Å². The second-order valence-corrected chi connectivity index (χ2v) is 5.50. The van der Waals surface area contributed by atoms with Gasteiger partial charge in [0.1, 0.15) is 0 Å². The minimum absolute atomic E-state index is 0.0306. The number of hydrogen-bond acceptors (Lipinski definition) is 2. The van der Waals surface area contributed by atoms with E-state index in [1.807, 2.05) is 79.4 Å². The van der Waals surface area contributed by atoms with Crippen molar-refractivity contribution in [2.75, 3.05) is 4.90 Å². The van der Waals surface area contributed by atoms with Gasteiger partial charge in [-0.05, 0) is 31.5 Å². The fourth-order valence-corrected chi connectivity index (χ4v) is 2.74. The maximum Gasteiger partial charge on any atom is 0.259 e. The summed E-state index contributed by atoms with van der Waals surface area (Å²) in [4.78, 5) is 14.3. The number of rotatable bonds is 4. The first-order valence-corrected chi connectivity index (χ1v) is 7.27. The molecule has 1 aliphatic rings. The van der Waals surface area contributed by atoms with Crippen molar-refractivity contribution in [1.82, 2.24) is 0 Å². The highest BCUT2D eigenvalue weighted by Gasteiger charge is 2.50. The summed E-state index contributed by atoms with van der Waals surface area (Å²) in [6.45, 7) is 3.92. The number of para-hydroxylation sites is 1. The maximum absolute atomic E-state index is 12.5. The number of ether oxygens (including phenoxy) is 1. The lowest BCUT2D eigenvalue weighted by atomic mass is 9.89. The van der Waals surface area contributed by atoms with E-state index in [1.165, 1.54) is 0 Å². The summed E-state index contributed by atoms with van der Waals surface area (Å²) in [6.07, 6.45) is -0.365. The summed E-state index contributed by atoms with van der Waals surface area (Å²) in [5.74, 6) is 0.0313. The number of carbonyl (C=O) groups excluding carboxylic acids is 1. The third-order valence-electron chi connectivity index (χ3n) is 3.64. The molecule has 2 aromatic carbocycles. The van der Waals surface area contributed by atoms with E-state index in [4.69, 9.17) is 4.74 Å². The van der Waals surface area contributed by atoms with Crippen LogP contribution in [0.15, 0.2) is 60.7 Å². The summed E-state index contributed by atoms with van der Waals surface area (Å²) in [7, 11) is 0. The Morgan fingerprint density at radius 2 is 1.52 bits per heavy atom. The Hall–Kier alpha value is -2.13. The molecule has 0 N–H and O–H groups in total. The number of benzene rings is 2. The fourth-order valence-electron chi connectivity index (χ4n) is 2.74. The molecule has 1 amide bonds. The predicted octanol–water partition coefficient (Wildman–Crippen LogP) is 3.57. The molecule has 1 fully saturated rings. The highest BCUT2D eigenvalue weighted by molar-refractivity contribution is 6.05. The number of hydrogen-bond donors (Lipinski definition) is 0. The van der Waals surface area contributed by atoms with Gasteiger partial charge in [0, 0.05) is 5.69 Å². The van der Waals surface area contributed by atoms with Gasteiger partial charge in [-0.2, -0.15) is 0 Å². The summed E-state index contributed by atoms with van der Waals surface area (Å²) in [5.41, 5.74) is 2.02. The summed E-state index contributed by atoms with van der Waals surface area (Å²) < 4.78 is 5.83. The normalized spacial score (nSPS) is 21.5. The Bertz CT molecular complexity index is 610. The summed E-state index contributed by atoms with van der Waals surface area (Å²) in [6, 6.07) is 19.8. The zero-order chi connectivity index (χ0) is 14.8. The van der Waals surface area contributed by atoms with Crippen LogP contribution >= 0.6 is 0 Å². The van der Waals surface area contributed by atoms with E-state index < -0.39 is 6.10 Å². The monoisotopic (exact) mass is 281 g/mol. The fraction of sp³-hybridized carbons (Fsp3) is 0.278. The number of nitrogens with zero attached hydrogens (tertiary/aromatic N) is 1. The Balaban J connectivity index is 1.94. The van der Waals surface area contributed by atoms with E-state index >= 15 is 0 Å². The number of anilines is 1. The topological polar surface area (TPSA) is 29.5 Å². The zero-order valence-corrected chi connectivity index (χ0v) is 12.3. The third kappa shape index (κ3) is 2.57. The lowest BCUT2D eigenvalue weighted by Gasteiger charge is -2.47. The van der Waals surface area contributed by atoms with Gasteiger partial charge < -0.3 is 4.74 Å². The van der Waals surface area contributed by atoms with Gasteiger partial charge in [0.2, 0.25) is 0 Å². The second-order valence-electron chi connectivity index (χ2n) is 5.50. The molecule has 1 saturated heterocycles. The molecule has 3 rings (SSSR count). The molecule has 108 valence electrons. The quantitative estimate of drug-likeness (QED) is 0.802. The van der Waals surface area contributed by atoms with E-state index in [0.29, 0.717) is 0 Å². The summed E-state index contributed by atoms with van der Waals surface area (Å²) in [5, 5.41) is 0. The lowest BCUT2D eigenvalue weighted by molar-refractivity contribution is -0.146. The van der Waals surface area contributed by atoms with Crippen LogP contribution in [0, 0.1) is 0 Å². The molecule has 0 aromatic heterocycles. The van der Waals surface area contributed by atoms with Crippen molar-refractivity contribution in [3.8, 4) is 0 Å². The van der Waals surface area contributed by atoms with Gasteiger partial charge in [-0.15, -0.1) is 0 Å². The van der Waals surface area contributed by atoms with Crippen LogP contribution < -0.4 is 4.90 Å². The molecule has 0 saturated carbocycles. The lowest BCUT2D eigenvalue weighted by Crippen LogP contribution is -2.60. The van der Waals surface area contributed by atoms with Gasteiger partial charge in [0.15, 0.2) is 6.10 Å². The van der Waals surface area contributed by atoms with Crippen LogP contribution in [0.5, 0.6) is 0 Å². The van der Waals surface area contributed by atoms with Gasteiger partial charge in [0.05, 0.1) is 12.1 Å². The molecular weight excluding hydrogens is 262 g/mol. The number of amides is 1. The van der Waals surface area contributed by atoms with Gasteiger partial charge in [-0.3, -0.25) is 9.69 Å². The third-order valence-corrected chi connectivity index (χ3v) is 3.64. The minimum Gasteiger partial charge on any atom is -0.363 e. The van der Waals surface area contributed by atoms with Crippen molar-refractivity contribution in [3.05, 3.63) is 66.2 Å². The van der Waals surface area contributed by atoms with Gasteiger partial charge in [-0.25, -0.2) is 0 Å². The van der Waals surface area contributed by atoms with Crippen LogP contribution in [0.4, 0.5) is 5.69 Å². The first-order valence-electron chi connectivity index (χ1n) is 7.27. The van der Waals surface area contributed by atoms with Crippen molar-refractivity contribution >= 4 is 11.6 Å². The maximum atomic E-state index is 12.5. The average Bonchev–Trinajstić information content (AvgIpc) is 2.51. The Morgan fingerprint density at radius 1 is 0.952 bits per heavy atom. The molecule has 0 bridgehead atoms.